The molecular weight excluding hydrogens is 306 g/mol. The van der Waals surface area contributed by atoms with Gasteiger partial charge in [0.25, 0.3) is 0 Å². The standard InChI is InChI=1S/C19H19NO4/c1-22-12-2-3-13-23-17-10-6-16(7-11-17)19(21)24-18-8-4-15(14-20)5-9-18/h4-11H,2-3,12-13H2,1H3. The summed E-state index contributed by atoms with van der Waals surface area (Å²) in [4.78, 5) is 12.1. The van der Waals surface area contributed by atoms with E-state index in [2.05, 4.69) is 0 Å². The van der Waals surface area contributed by atoms with Crippen LogP contribution in [-0.2, 0) is 4.74 Å². The van der Waals surface area contributed by atoms with Crippen LogP contribution in [0.4, 0.5) is 0 Å². The number of unbranched alkanes of at least 4 members (excludes halogenated alkanes) is 1. The first kappa shape index (κ1) is 17.5. The third kappa shape index (κ3) is 5.41. The van der Waals surface area contributed by atoms with Crippen molar-refractivity contribution < 1.29 is 19.0 Å². The van der Waals surface area contributed by atoms with E-state index in [1.54, 1.807) is 55.6 Å². The van der Waals surface area contributed by atoms with Gasteiger partial charge >= 0.3 is 5.97 Å². The van der Waals surface area contributed by atoms with Gasteiger partial charge in [0.1, 0.15) is 11.5 Å². The summed E-state index contributed by atoms with van der Waals surface area (Å²) in [6, 6.07) is 15.2. The predicted octanol–water partition coefficient (Wildman–Crippen LogP) is 3.58. The fourth-order valence-corrected chi connectivity index (χ4v) is 1.99. The summed E-state index contributed by atoms with van der Waals surface area (Å²) in [7, 11) is 1.68. The molecule has 2 aromatic rings. The molecule has 0 fully saturated rings. The SMILES string of the molecule is COCCCCOc1ccc(C(=O)Oc2ccc(C#N)cc2)cc1. The molecule has 0 saturated heterocycles. The van der Waals surface area contributed by atoms with E-state index >= 15 is 0 Å². The van der Waals surface area contributed by atoms with Gasteiger partial charge in [0.2, 0.25) is 0 Å². The van der Waals surface area contributed by atoms with Crippen molar-refractivity contribution in [3.05, 3.63) is 59.7 Å². The lowest BCUT2D eigenvalue weighted by Gasteiger charge is -2.07. The Kier molecular flexibility index (Phi) is 6.81. The van der Waals surface area contributed by atoms with Gasteiger partial charge in [-0.15, -0.1) is 0 Å². The van der Waals surface area contributed by atoms with Crippen LogP contribution < -0.4 is 9.47 Å². The van der Waals surface area contributed by atoms with Gasteiger partial charge in [-0.1, -0.05) is 0 Å². The van der Waals surface area contributed by atoms with E-state index < -0.39 is 5.97 Å². The van der Waals surface area contributed by atoms with Gasteiger partial charge in [0.15, 0.2) is 0 Å². The topological polar surface area (TPSA) is 68.6 Å². The number of rotatable bonds is 8. The van der Waals surface area contributed by atoms with E-state index in [0.29, 0.717) is 29.2 Å². The second-order valence-corrected chi connectivity index (χ2v) is 5.10. The van der Waals surface area contributed by atoms with Crippen LogP contribution >= 0.6 is 0 Å². The maximum atomic E-state index is 12.1. The Bertz CT molecular complexity index is 687. The number of nitrogens with zero attached hydrogens (tertiary/aromatic N) is 1. The first-order chi connectivity index (χ1) is 11.7. The molecule has 0 aliphatic heterocycles. The lowest BCUT2D eigenvalue weighted by atomic mass is 10.2. The van der Waals surface area contributed by atoms with Crippen molar-refractivity contribution >= 4 is 5.97 Å². The molecule has 24 heavy (non-hydrogen) atoms. The second-order valence-electron chi connectivity index (χ2n) is 5.10. The van der Waals surface area contributed by atoms with Crippen LogP contribution in [0.15, 0.2) is 48.5 Å². The summed E-state index contributed by atoms with van der Waals surface area (Å²) >= 11 is 0. The largest absolute Gasteiger partial charge is 0.494 e. The van der Waals surface area contributed by atoms with Crippen molar-refractivity contribution in [2.24, 2.45) is 0 Å². The summed E-state index contributed by atoms with van der Waals surface area (Å²) < 4.78 is 15.8. The molecule has 0 N–H and O–H groups in total. The summed E-state index contributed by atoms with van der Waals surface area (Å²) in [5.41, 5.74) is 0.952. The molecule has 5 heteroatoms. The molecule has 124 valence electrons. The van der Waals surface area contributed by atoms with Crippen molar-refractivity contribution in [3.63, 3.8) is 0 Å². The molecule has 0 unspecified atom stereocenters. The van der Waals surface area contributed by atoms with Crippen LogP contribution in [0, 0.1) is 11.3 Å². The number of methoxy groups -OCH3 is 1. The summed E-state index contributed by atoms with van der Waals surface area (Å²) in [6.07, 6.45) is 1.86. The number of hydrogen-bond donors (Lipinski definition) is 0. The first-order valence-corrected chi connectivity index (χ1v) is 7.67. The maximum Gasteiger partial charge on any atom is 0.343 e. The molecule has 2 rings (SSSR count). The Balaban J connectivity index is 1.85. The summed E-state index contributed by atoms with van der Waals surface area (Å²) in [6.45, 7) is 1.34. The fraction of sp³-hybridized carbons (Fsp3) is 0.263. The van der Waals surface area contributed by atoms with Gasteiger partial charge in [0, 0.05) is 13.7 Å². The predicted molar refractivity (Wildman–Crippen MR) is 89.2 cm³/mol. The van der Waals surface area contributed by atoms with Crippen molar-refractivity contribution in [1.29, 1.82) is 5.26 Å². The highest BCUT2D eigenvalue weighted by atomic mass is 16.5. The molecule has 0 aromatic heterocycles. The number of benzene rings is 2. The number of hydrogen-bond acceptors (Lipinski definition) is 5. The Labute approximate surface area is 141 Å². The van der Waals surface area contributed by atoms with E-state index in [9.17, 15) is 4.79 Å². The number of carbonyl (C=O) groups is 1. The van der Waals surface area contributed by atoms with Crippen LogP contribution in [0.1, 0.15) is 28.8 Å². The summed E-state index contributed by atoms with van der Waals surface area (Å²) in [5.74, 6) is 0.658. The van der Waals surface area contributed by atoms with E-state index in [1.165, 1.54) is 0 Å². The van der Waals surface area contributed by atoms with Crippen molar-refractivity contribution in [1.82, 2.24) is 0 Å². The van der Waals surface area contributed by atoms with Gasteiger partial charge in [-0.25, -0.2) is 4.79 Å². The Morgan fingerprint density at radius 2 is 1.58 bits per heavy atom. The Morgan fingerprint density at radius 3 is 2.21 bits per heavy atom. The first-order valence-electron chi connectivity index (χ1n) is 7.67. The number of esters is 1. The molecule has 0 aliphatic rings. The Hall–Kier alpha value is -2.84. The average molecular weight is 325 g/mol. The third-order valence-electron chi connectivity index (χ3n) is 3.30. The molecule has 0 bridgehead atoms. The third-order valence-corrected chi connectivity index (χ3v) is 3.30. The molecule has 0 radical (unpaired) electrons. The highest BCUT2D eigenvalue weighted by Crippen LogP contribution is 2.16. The number of ether oxygens (including phenoxy) is 3. The molecule has 5 nitrogen and oxygen atoms in total. The van der Waals surface area contributed by atoms with Gasteiger partial charge in [-0.05, 0) is 61.4 Å². The van der Waals surface area contributed by atoms with Crippen molar-refractivity contribution in [2.75, 3.05) is 20.3 Å². The van der Waals surface area contributed by atoms with Crippen molar-refractivity contribution in [3.8, 4) is 17.6 Å². The maximum absolute atomic E-state index is 12.1. The average Bonchev–Trinajstić information content (AvgIpc) is 2.62. The lowest BCUT2D eigenvalue weighted by Crippen LogP contribution is -2.08. The molecule has 0 saturated carbocycles. The van der Waals surface area contributed by atoms with Crippen molar-refractivity contribution in [2.45, 2.75) is 12.8 Å². The minimum absolute atomic E-state index is 0.400. The fourth-order valence-electron chi connectivity index (χ4n) is 1.99. The summed E-state index contributed by atoms with van der Waals surface area (Å²) in [5, 5.41) is 8.74. The van der Waals surface area contributed by atoms with Crippen LogP contribution in [0.5, 0.6) is 11.5 Å². The Morgan fingerprint density at radius 1 is 0.958 bits per heavy atom. The highest BCUT2D eigenvalue weighted by molar-refractivity contribution is 5.91. The molecule has 0 aliphatic carbocycles. The molecule has 2 aromatic carbocycles. The zero-order valence-corrected chi connectivity index (χ0v) is 13.5. The smallest absolute Gasteiger partial charge is 0.343 e. The minimum atomic E-state index is -0.452. The van der Waals surface area contributed by atoms with Gasteiger partial charge < -0.3 is 14.2 Å². The highest BCUT2D eigenvalue weighted by Gasteiger charge is 2.08. The molecule has 0 heterocycles. The quantitative estimate of drug-likeness (QED) is 0.421. The molecule has 0 amide bonds. The lowest BCUT2D eigenvalue weighted by molar-refractivity contribution is 0.0734. The number of carbonyl (C=O) groups excluding carboxylic acids is 1. The second kappa shape index (κ2) is 9.33. The van der Waals surface area contributed by atoms with Crippen LogP contribution in [-0.4, -0.2) is 26.3 Å². The monoisotopic (exact) mass is 325 g/mol. The van der Waals surface area contributed by atoms with Crippen LogP contribution in [0.2, 0.25) is 0 Å². The van der Waals surface area contributed by atoms with E-state index in [0.717, 1.165) is 19.4 Å². The molecule has 0 spiro atoms. The minimum Gasteiger partial charge on any atom is -0.494 e. The van der Waals surface area contributed by atoms with Gasteiger partial charge in [0.05, 0.1) is 23.8 Å². The zero-order chi connectivity index (χ0) is 17.2. The molecular formula is C19H19NO4. The normalized spacial score (nSPS) is 10.0. The van der Waals surface area contributed by atoms with Gasteiger partial charge in [-0.2, -0.15) is 5.26 Å². The zero-order valence-electron chi connectivity index (χ0n) is 13.5. The van der Waals surface area contributed by atoms with Crippen LogP contribution in [0.3, 0.4) is 0 Å². The molecule has 0 atom stereocenters. The number of nitriles is 1. The van der Waals surface area contributed by atoms with E-state index in [1.807, 2.05) is 6.07 Å². The van der Waals surface area contributed by atoms with E-state index in [4.69, 9.17) is 19.5 Å². The van der Waals surface area contributed by atoms with Gasteiger partial charge in [-0.3, -0.25) is 0 Å². The van der Waals surface area contributed by atoms with E-state index in [-0.39, 0.29) is 0 Å². The van der Waals surface area contributed by atoms with Crippen LogP contribution in [0.25, 0.3) is 0 Å².